The molecule has 1 fully saturated rings. The number of furan rings is 1. The zero-order chi connectivity index (χ0) is 13.2. The summed E-state index contributed by atoms with van der Waals surface area (Å²) < 4.78 is 7.18. The molecule has 0 spiro atoms. The maximum Gasteiger partial charge on any atom is 0.183 e. The van der Waals surface area contributed by atoms with Crippen LogP contribution in [0.15, 0.2) is 19.6 Å². The monoisotopic (exact) mass is 379 g/mol. The van der Waals surface area contributed by atoms with Gasteiger partial charge in [0.15, 0.2) is 4.67 Å². The van der Waals surface area contributed by atoms with Gasteiger partial charge in [-0.1, -0.05) is 6.92 Å². The molecule has 0 radical (unpaired) electrons. The Balaban J connectivity index is 1.94. The molecule has 18 heavy (non-hydrogen) atoms. The number of aliphatic hydroxyl groups excluding tert-OH is 1. The summed E-state index contributed by atoms with van der Waals surface area (Å²) in [6.07, 6.45) is 4.43. The molecule has 1 saturated carbocycles. The molecule has 102 valence electrons. The Morgan fingerprint density at radius 2 is 2.11 bits per heavy atom. The Morgan fingerprint density at radius 3 is 2.61 bits per heavy atom. The molecule has 1 aliphatic rings. The summed E-state index contributed by atoms with van der Waals surface area (Å²) in [5.74, 6) is 1.65. The number of halogens is 2. The van der Waals surface area contributed by atoms with Crippen molar-refractivity contribution in [1.82, 2.24) is 5.32 Å². The van der Waals surface area contributed by atoms with Gasteiger partial charge in [0.25, 0.3) is 0 Å². The van der Waals surface area contributed by atoms with Crippen LogP contribution in [0.2, 0.25) is 0 Å². The summed E-state index contributed by atoms with van der Waals surface area (Å²) >= 11 is 6.73. The van der Waals surface area contributed by atoms with Crippen molar-refractivity contribution in [3.63, 3.8) is 0 Å². The molecule has 0 bridgehead atoms. The quantitative estimate of drug-likeness (QED) is 0.834. The lowest BCUT2D eigenvalue weighted by Gasteiger charge is -2.38. The third-order valence-electron chi connectivity index (χ3n) is 3.87. The predicted molar refractivity (Wildman–Crippen MR) is 78.4 cm³/mol. The van der Waals surface area contributed by atoms with Gasteiger partial charge in [0.2, 0.25) is 0 Å². The fourth-order valence-corrected chi connectivity index (χ4v) is 3.12. The Labute approximate surface area is 125 Å². The van der Waals surface area contributed by atoms with E-state index in [1.165, 1.54) is 12.8 Å². The first-order chi connectivity index (χ1) is 8.54. The van der Waals surface area contributed by atoms with Crippen LogP contribution in [0.4, 0.5) is 0 Å². The van der Waals surface area contributed by atoms with Gasteiger partial charge < -0.3 is 14.8 Å². The molecule has 0 unspecified atom stereocenters. The minimum Gasteiger partial charge on any atom is -0.452 e. The molecule has 0 aliphatic heterocycles. The normalized spacial score (nSPS) is 28.6. The minimum absolute atomic E-state index is 0.127. The first-order valence-corrected chi connectivity index (χ1v) is 7.93. The summed E-state index contributed by atoms with van der Waals surface area (Å²) in [5.41, 5.74) is -0.127. The van der Waals surface area contributed by atoms with Crippen molar-refractivity contribution in [2.24, 2.45) is 5.92 Å². The first kappa shape index (κ1) is 14.6. The molecule has 1 aliphatic carbocycles. The molecule has 1 heterocycles. The smallest absolute Gasteiger partial charge is 0.183 e. The molecule has 0 aromatic carbocycles. The van der Waals surface area contributed by atoms with Gasteiger partial charge in [-0.3, -0.25) is 0 Å². The van der Waals surface area contributed by atoms with Gasteiger partial charge in [-0.25, -0.2) is 0 Å². The van der Waals surface area contributed by atoms with Crippen molar-refractivity contribution in [3.05, 3.63) is 21.0 Å². The number of nitrogens with one attached hydrogen (secondary N) is 1. The van der Waals surface area contributed by atoms with E-state index in [2.05, 4.69) is 44.1 Å². The van der Waals surface area contributed by atoms with E-state index < -0.39 is 0 Å². The maximum atomic E-state index is 9.65. The van der Waals surface area contributed by atoms with Gasteiger partial charge in [-0.05, 0) is 69.5 Å². The van der Waals surface area contributed by atoms with Crippen LogP contribution in [0.5, 0.6) is 0 Å². The summed E-state index contributed by atoms with van der Waals surface area (Å²) in [6, 6.07) is 1.95. The van der Waals surface area contributed by atoms with Crippen LogP contribution in [0.3, 0.4) is 0 Å². The van der Waals surface area contributed by atoms with Gasteiger partial charge in [0, 0.05) is 5.54 Å². The van der Waals surface area contributed by atoms with E-state index in [4.69, 9.17) is 4.42 Å². The van der Waals surface area contributed by atoms with Crippen LogP contribution in [-0.2, 0) is 6.54 Å². The lowest BCUT2D eigenvalue weighted by molar-refractivity contribution is 0.102. The molecule has 0 amide bonds. The Morgan fingerprint density at radius 1 is 1.44 bits per heavy atom. The van der Waals surface area contributed by atoms with Crippen LogP contribution in [-0.4, -0.2) is 17.3 Å². The zero-order valence-corrected chi connectivity index (χ0v) is 13.7. The predicted octanol–water partition coefficient (Wildman–Crippen LogP) is 3.84. The lowest BCUT2D eigenvalue weighted by atomic mass is 9.77. The van der Waals surface area contributed by atoms with Gasteiger partial charge in [-0.2, -0.15) is 0 Å². The topological polar surface area (TPSA) is 45.4 Å². The second-order valence-electron chi connectivity index (χ2n) is 5.31. The lowest BCUT2D eigenvalue weighted by Crippen LogP contribution is -2.50. The average Bonchev–Trinajstić information content (AvgIpc) is 2.69. The van der Waals surface area contributed by atoms with Crippen molar-refractivity contribution in [2.45, 2.75) is 44.7 Å². The first-order valence-electron chi connectivity index (χ1n) is 6.34. The standard InChI is InChI=1S/C13H19Br2NO2/c1-9-2-4-13(8-17,5-3-9)16-7-10-6-11(14)12(15)18-10/h6,9,16-17H,2-5,7-8H2,1H3. The van der Waals surface area contributed by atoms with Crippen LogP contribution in [0, 0.1) is 5.92 Å². The number of aliphatic hydroxyl groups is 1. The van der Waals surface area contributed by atoms with E-state index >= 15 is 0 Å². The van der Waals surface area contributed by atoms with E-state index in [1.807, 2.05) is 6.07 Å². The highest BCUT2D eigenvalue weighted by atomic mass is 79.9. The van der Waals surface area contributed by atoms with Crippen LogP contribution in [0.1, 0.15) is 38.4 Å². The molecule has 5 heteroatoms. The molecular weight excluding hydrogens is 362 g/mol. The van der Waals surface area contributed by atoms with E-state index in [0.717, 1.165) is 33.7 Å². The summed E-state index contributed by atoms with van der Waals surface area (Å²) in [4.78, 5) is 0. The molecule has 2 rings (SSSR count). The fraction of sp³-hybridized carbons (Fsp3) is 0.692. The largest absolute Gasteiger partial charge is 0.452 e. The highest BCUT2D eigenvalue weighted by Crippen LogP contribution is 2.32. The molecule has 3 nitrogen and oxygen atoms in total. The van der Waals surface area contributed by atoms with E-state index in [1.54, 1.807) is 0 Å². The van der Waals surface area contributed by atoms with Gasteiger partial charge in [0.05, 0.1) is 17.6 Å². The Kier molecular flexibility index (Phi) is 4.92. The summed E-state index contributed by atoms with van der Waals surface area (Å²) in [7, 11) is 0. The van der Waals surface area contributed by atoms with Crippen molar-refractivity contribution < 1.29 is 9.52 Å². The van der Waals surface area contributed by atoms with Crippen molar-refractivity contribution >= 4 is 31.9 Å². The van der Waals surface area contributed by atoms with Gasteiger partial charge in [-0.15, -0.1) is 0 Å². The SMILES string of the molecule is CC1CCC(CO)(NCc2cc(Br)c(Br)o2)CC1. The third-order valence-corrected chi connectivity index (χ3v) is 5.58. The van der Waals surface area contributed by atoms with Crippen molar-refractivity contribution in [2.75, 3.05) is 6.61 Å². The second-order valence-corrected chi connectivity index (χ2v) is 6.88. The number of hydrogen-bond donors (Lipinski definition) is 2. The molecule has 1 aromatic rings. The average molecular weight is 381 g/mol. The van der Waals surface area contributed by atoms with E-state index in [-0.39, 0.29) is 12.1 Å². The molecular formula is C13H19Br2NO2. The molecule has 2 N–H and O–H groups in total. The Bertz CT molecular complexity index is 378. The Hall–Kier alpha value is 0.160. The highest BCUT2D eigenvalue weighted by Gasteiger charge is 2.33. The third kappa shape index (κ3) is 3.38. The molecule has 1 aromatic heterocycles. The van der Waals surface area contributed by atoms with Crippen LogP contribution >= 0.6 is 31.9 Å². The second kappa shape index (κ2) is 6.07. The summed E-state index contributed by atoms with van der Waals surface area (Å²) in [6.45, 7) is 3.13. The van der Waals surface area contributed by atoms with Crippen LogP contribution < -0.4 is 5.32 Å². The van der Waals surface area contributed by atoms with Crippen molar-refractivity contribution in [3.8, 4) is 0 Å². The number of hydrogen-bond acceptors (Lipinski definition) is 3. The molecule has 0 saturated heterocycles. The van der Waals surface area contributed by atoms with E-state index in [0.29, 0.717) is 6.54 Å². The number of rotatable bonds is 4. The minimum atomic E-state index is -0.127. The van der Waals surface area contributed by atoms with Gasteiger partial charge in [0.1, 0.15) is 5.76 Å². The maximum absolute atomic E-state index is 9.65. The van der Waals surface area contributed by atoms with Gasteiger partial charge >= 0.3 is 0 Å². The zero-order valence-electron chi connectivity index (χ0n) is 10.5. The fourth-order valence-electron chi connectivity index (χ4n) is 2.46. The highest BCUT2D eigenvalue weighted by molar-refractivity contribution is 9.13. The molecule has 0 atom stereocenters. The van der Waals surface area contributed by atoms with Crippen molar-refractivity contribution in [1.29, 1.82) is 0 Å². The summed E-state index contributed by atoms with van der Waals surface area (Å²) in [5, 5.41) is 13.1. The van der Waals surface area contributed by atoms with E-state index in [9.17, 15) is 5.11 Å². The van der Waals surface area contributed by atoms with Crippen LogP contribution in [0.25, 0.3) is 0 Å².